The van der Waals surface area contributed by atoms with Crippen molar-refractivity contribution in [1.82, 2.24) is 9.55 Å². The summed E-state index contributed by atoms with van der Waals surface area (Å²) in [5.41, 5.74) is 6.95. The molecule has 0 amide bonds. The van der Waals surface area contributed by atoms with Crippen molar-refractivity contribution >= 4 is 21.7 Å². The van der Waals surface area contributed by atoms with Gasteiger partial charge in [-0.1, -0.05) is 29.3 Å². The number of hydrogen-bond donors (Lipinski definition) is 1. The van der Waals surface area contributed by atoms with E-state index in [0.29, 0.717) is 21.5 Å². The number of aryl methyl sites for hydroxylation is 1. The predicted molar refractivity (Wildman–Crippen MR) is 74.6 cm³/mol. The molecule has 0 unspecified atom stereocenters. The van der Waals surface area contributed by atoms with E-state index in [-0.39, 0.29) is 5.82 Å². The van der Waals surface area contributed by atoms with E-state index in [9.17, 15) is 4.39 Å². The molecule has 0 aliphatic carbocycles. The van der Waals surface area contributed by atoms with Gasteiger partial charge in [-0.25, -0.2) is 9.37 Å². The number of anilines is 1. The van der Waals surface area contributed by atoms with Crippen LogP contribution in [0, 0.1) is 5.82 Å². The van der Waals surface area contributed by atoms with Crippen LogP contribution in [0.25, 0.3) is 11.3 Å². The molecule has 1 aromatic carbocycles. The monoisotopic (exact) mass is 311 g/mol. The number of nitrogens with zero attached hydrogens (tertiary/aromatic N) is 2. The van der Waals surface area contributed by atoms with E-state index in [4.69, 9.17) is 5.73 Å². The van der Waals surface area contributed by atoms with Crippen molar-refractivity contribution in [2.24, 2.45) is 0 Å². The molecule has 0 spiro atoms. The van der Waals surface area contributed by atoms with E-state index in [1.807, 2.05) is 4.57 Å². The van der Waals surface area contributed by atoms with Gasteiger partial charge in [-0.15, -0.1) is 0 Å². The summed E-state index contributed by atoms with van der Waals surface area (Å²) in [4.78, 5) is 4.21. The number of hydrogen-bond acceptors (Lipinski definition) is 2. The molecule has 2 aromatic rings. The minimum atomic E-state index is -0.322. The number of halogens is 2. The molecule has 5 heteroatoms. The Morgan fingerprint density at radius 2 is 2.22 bits per heavy atom. The Morgan fingerprint density at radius 3 is 2.89 bits per heavy atom. The second-order valence-electron chi connectivity index (χ2n) is 4.15. The molecule has 2 rings (SSSR count). The number of unbranched alkanes of at least 4 members (excludes halogenated alkanes) is 1. The third-order valence-electron chi connectivity index (χ3n) is 2.82. The molecule has 1 heterocycles. The van der Waals surface area contributed by atoms with Gasteiger partial charge in [-0.3, -0.25) is 0 Å². The van der Waals surface area contributed by atoms with E-state index in [1.54, 1.807) is 18.5 Å². The second-order valence-corrected chi connectivity index (χ2v) is 5.07. The lowest BCUT2D eigenvalue weighted by atomic mass is 10.1. The molecular weight excluding hydrogens is 297 g/mol. The lowest BCUT2D eigenvalue weighted by Crippen LogP contribution is -2.02. The Labute approximate surface area is 114 Å². The minimum absolute atomic E-state index is 0.322. The molecule has 0 aliphatic heterocycles. The van der Waals surface area contributed by atoms with Crippen LogP contribution in [0.2, 0.25) is 0 Å². The Kier molecular flexibility index (Phi) is 4.01. The largest absolute Gasteiger partial charge is 0.383 e. The van der Waals surface area contributed by atoms with E-state index in [0.717, 1.165) is 19.4 Å². The summed E-state index contributed by atoms with van der Waals surface area (Å²) in [6.07, 6.45) is 3.78. The fourth-order valence-corrected chi connectivity index (χ4v) is 2.12. The fraction of sp³-hybridized carbons (Fsp3) is 0.308. The van der Waals surface area contributed by atoms with Gasteiger partial charge in [0.2, 0.25) is 0 Å². The van der Waals surface area contributed by atoms with Gasteiger partial charge in [0.05, 0.1) is 6.33 Å². The van der Waals surface area contributed by atoms with E-state index >= 15 is 0 Å². The Bertz CT molecular complexity index is 551. The number of aromatic nitrogens is 2. The molecule has 3 nitrogen and oxygen atoms in total. The highest BCUT2D eigenvalue weighted by atomic mass is 79.9. The lowest BCUT2D eigenvalue weighted by Gasteiger charge is -2.05. The Hall–Kier alpha value is -1.36. The van der Waals surface area contributed by atoms with E-state index in [1.165, 1.54) is 6.07 Å². The van der Waals surface area contributed by atoms with Gasteiger partial charge in [0.1, 0.15) is 17.3 Å². The van der Waals surface area contributed by atoms with E-state index in [2.05, 4.69) is 27.8 Å². The molecule has 0 bridgehead atoms. The van der Waals surface area contributed by atoms with Crippen molar-refractivity contribution < 1.29 is 4.39 Å². The van der Waals surface area contributed by atoms with Crippen molar-refractivity contribution in [3.63, 3.8) is 0 Å². The first-order valence-corrected chi connectivity index (χ1v) is 6.68. The number of rotatable bonds is 4. The van der Waals surface area contributed by atoms with Crippen LogP contribution < -0.4 is 5.73 Å². The molecular formula is C13H15BrFN3. The van der Waals surface area contributed by atoms with Crippen molar-refractivity contribution in [2.75, 3.05) is 5.73 Å². The van der Waals surface area contributed by atoms with Crippen molar-refractivity contribution in [3.05, 3.63) is 34.8 Å². The van der Waals surface area contributed by atoms with Crippen LogP contribution in [-0.2, 0) is 6.54 Å². The summed E-state index contributed by atoms with van der Waals surface area (Å²) in [6, 6.07) is 4.88. The van der Waals surface area contributed by atoms with Gasteiger partial charge in [0.25, 0.3) is 0 Å². The maximum absolute atomic E-state index is 13.8. The maximum Gasteiger partial charge on any atom is 0.133 e. The number of benzene rings is 1. The van der Waals surface area contributed by atoms with Crippen LogP contribution in [0.1, 0.15) is 19.8 Å². The summed E-state index contributed by atoms with van der Waals surface area (Å²) in [5.74, 6) is 0.196. The average molecular weight is 312 g/mol. The summed E-state index contributed by atoms with van der Waals surface area (Å²) in [7, 11) is 0. The SMILES string of the molecule is CCCCn1cnc(-c2ccc(Br)cc2F)c1N. The zero-order valence-corrected chi connectivity index (χ0v) is 11.7. The number of imidazole rings is 1. The van der Waals surface area contributed by atoms with Crippen LogP contribution in [0.5, 0.6) is 0 Å². The first-order valence-electron chi connectivity index (χ1n) is 5.89. The fourth-order valence-electron chi connectivity index (χ4n) is 1.79. The molecule has 0 saturated heterocycles. The van der Waals surface area contributed by atoms with Crippen LogP contribution >= 0.6 is 15.9 Å². The third-order valence-corrected chi connectivity index (χ3v) is 3.31. The van der Waals surface area contributed by atoms with E-state index < -0.39 is 0 Å². The number of nitrogen functional groups attached to an aromatic ring is 1. The Morgan fingerprint density at radius 1 is 1.44 bits per heavy atom. The van der Waals surface area contributed by atoms with Crippen molar-refractivity contribution in [3.8, 4) is 11.3 Å². The van der Waals surface area contributed by atoms with Crippen LogP contribution in [-0.4, -0.2) is 9.55 Å². The standard InChI is InChI=1S/C13H15BrFN3/c1-2-3-6-18-8-17-12(13(18)16)10-5-4-9(14)7-11(10)15/h4-5,7-8H,2-3,6,16H2,1H3. The highest BCUT2D eigenvalue weighted by Crippen LogP contribution is 2.28. The Balaban J connectivity index is 2.36. The normalized spacial score (nSPS) is 10.8. The van der Waals surface area contributed by atoms with Gasteiger partial charge in [-0.05, 0) is 24.6 Å². The predicted octanol–water partition coefficient (Wildman–Crippen LogP) is 3.83. The van der Waals surface area contributed by atoms with Gasteiger partial charge >= 0.3 is 0 Å². The lowest BCUT2D eigenvalue weighted by molar-refractivity contribution is 0.629. The van der Waals surface area contributed by atoms with Crippen molar-refractivity contribution in [1.29, 1.82) is 0 Å². The molecule has 0 radical (unpaired) electrons. The van der Waals surface area contributed by atoms with Gasteiger partial charge in [0.15, 0.2) is 0 Å². The average Bonchev–Trinajstić information content (AvgIpc) is 2.68. The smallest absolute Gasteiger partial charge is 0.133 e. The first-order chi connectivity index (χ1) is 8.63. The van der Waals surface area contributed by atoms with Gasteiger partial charge in [0, 0.05) is 16.6 Å². The summed E-state index contributed by atoms with van der Waals surface area (Å²) >= 11 is 3.23. The molecule has 0 aliphatic rings. The molecule has 1 aromatic heterocycles. The van der Waals surface area contributed by atoms with Gasteiger partial charge in [-0.2, -0.15) is 0 Å². The molecule has 96 valence electrons. The minimum Gasteiger partial charge on any atom is -0.383 e. The molecule has 18 heavy (non-hydrogen) atoms. The third kappa shape index (κ3) is 2.56. The van der Waals surface area contributed by atoms with Gasteiger partial charge < -0.3 is 10.3 Å². The summed E-state index contributed by atoms with van der Waals surface area (Å²) < 4.78 is 16.4. The second kappa shape index (κ2) is 5.52. The zero-order valence-electron chi connectivity index (χ0n) is 10.2. The quantitative estimate of drug-likeness (QED) is 0.932. The first kappa shape index (κ1) is 13.1. The highest BCUT2D eigenvalue weighted by molar-refractivity contribution is 9.10. The molecule has 0 fully saturated rings. The maximum atomic E-state index is 13.8. The molecule has 2 N–H and O–H groups in total. The van der Waals surface area contributed by atoms with Crippen LogP contribution in [0.15, 0.2) is 29.0 Å². The highest BCUT2D eigenvalue weighted by Gasteiger charge is 2.13. The summed E-state index contributed by atoms with van der Waals surface area (Å²) in [6.45, 7) is 2.93. The van der Waals surface area contributed by atoms with Crippen molar-refractivity contribution in [2.45, 2.75) is 26.3 Å². The number of nitrogens with two attached hydrogens (primary N) is 1. The van der Waals surface area contributed by atoms with Crippen LogP contribution in [0.4, 0.5) is 10.2 Å². The molecule has 0 atom stereocenters. The van der Waals surface area contributed by atoms with Crippen LogP contribution in [0.3, 0.4) is 0 Å². The molecule has 0 saturated carbocycles. The topological polar surface area (TPSA) is 43.8 Å². The zero-order chi connectivity index (χ0) is 13.1. The summed E-state index contributed by atoms with van der Waals surface area (Å²) in [5, 5.41) is 0.